The van der Waals surface area contributed by atoms with Crippen molar-refractivity contribution >= 4 is 28.6 Å². The van der Waals surface area contributed by atoms with Crippen molar-refractivity contribution in [3.8, 4) is 11.5 Å². The standard InChI is InChI=1S/C40H30N4O2/c41-44(34-20-12-18-32(26-34)43(39-27-42-28-45-39)31-16-5-2-6-17-31)33-19-11-15-30(25-33)40(29-13-3-1-4-14-29)35-21-7-9-23-37(35)46-38-24-10-8-22-36(38)40/h1-28H,41H2. The summed E-state index contributed by atoms with van der Waals surface area (Å²) >= 11 is 0. The average Bonchev–Trinajstić information content (AvgIpc) is 3.66. The summed E-state index contributed by atoms with van der Waals surface area (Å²) in [5, 5.41) is 1.73. The molecule has 0 spiro atoms. The number of fused-ring (bicyclic) bond motifs is 2. The zero-order valence-corrected chi connectivity index (χ0v) is 24.9. The quantitative estimate of drug-likeness (QED) is 0.146. The normalized spacial score (nSPS) is 12.8. The van der Waals surface area contributed by atoms with Gasteiger partial charge in [0.05, 0.1) is 28.7 Å². The molecule has 0 saturated carbocycles. The number of nitrogens with two attached hydrogens (primary N) is 1. The summed E-state index contributed by atoms with van der Waals surface area (Å²) < 4.78 is 12.2. The second-order valence-corrected chi connectivity index (χ2v) is 11.2. The molecule has 6 nitrogen and oxygen atoms in total. The minimum Gasteiger partial charge on any atom is -0.457 e. The highest BCUT2D eigenvalue weighted by atomic mass is 16.5. The summed E-state index contributed by atoms with van der Waals surface area (Å²) in [5.41, 5.74) is 7.24. The molecule has 0 bridgehead atoms. The molecule has 2 heterocycles. The van der Waals surface area contributed by atoms with E-state index in [9.17, 15) is 0 Å². The highest BCUT2D eigenvalue weighted by Crippen LogP contribution is 2.55. The summed E-state index contributed by atoms with van der Waals surface area (Å²) in [6, 6.07) is 53.8. The van der Waals surface area contributed by atoms with Crippen LogP contribution >= 0.6 is 0 Å². The van der Waals surface area contributed by atoms with Crippen LogP contribution < -0.4 is 20.5 Å². The Hall–Kier alpha value is -6.11. The Morgan fingerprint density at radius 2 is 1.07 bits per heavy atom. The van der Waals surface area contributed by atoms with E-state index in [0.717, 1.165) is 56.5 Å². The van der Waals surface area contributed by atoms with E-state index >= 15 is 0 Å². The minimum absolute atomic E-state index is 0.607. The zero-order valence-electron chi connectivity index (χ0n) is 24.9. The van der Waals surface area contributed by atoms with Crippen LogP contribution in [0.25, 0.3) is 0 Å². The van der Waals surface area contributed by atoms with E-state index in [-0.39, 0.29) is 0 Å². The summed E-state index contributed by atoms with van der Waals surface area (Å²) in [6.45, 7) is 0. The van der Waals surface area contributed by atoms with Crippen molar-refractivity contribution in [2.75, 3.05) is 9.91 Å². The third kappa shape index (κ3) is 4.51. The molecular weight excluding hydrogens is 568 g/mol. The molecule has 1 aliphatic rings. The van der Waals surface area contributed by atoms with Crippen LogP contribution in [0.2, 0.25) is 0 Å². The molecular formula is C40H30N4O2. The number of aromatic nitrogens is 1. The molecule has 7 aromatic rings. The van der Waals surface area contributed by atoms with Gasteiger partial charge in [-0.2, -0.15) is 0 Å². The van der Waals surface area contributed by atoms with Crippen molar-refractivity contribution in [3.05, 3.63) is 193 Å². The zero-order chi connectivity index (χ0) is 30.9. The van der Waals surface area contributed by atoms with Gasteiger partial charge < -0.3 is 9.15 Å². The largest absolute Gasteiger partial charge is 0.457 e. The molecule has 6 aromatic carbocycles. The fraction of sp³-hybridized carbons (Fsp3) is 0.0250. The highest BCUT2D eigenvalue weighted by Gasteiger charge is 2.45. The molecule has 0 atom stereocenters. The van der Waals surface area contributed by atoms with Crippen molar-refractivity contribution in [1.29, 1.82) is 0 Å². The monoisotopic (exact) mass is 598 g/mol. The number of anilines is 5. The molecule has 0 fully saturated rings. The van der Waals surface area contributed by atoms with Gasteiger partial charge in [0.25, 0.3) is 0 Å². The van der Waals surface area contributed by atoms with Crippen LogP contribution in [-0.2, 0) is 5.41 Å². The van der Waals surface area contributed by atoms with Crippen LogP contribution in [0.15, 0.2) is 175 Å². The minimum atomic E-state index is -0.637. The number of oxazole rings is 1. The molecule has 0 unspecified atom stereocenters. The third-order valence-electron chi connectivity index (χ3n) is 8.59. The maximum Gasteiger partial charge on any atom is 0.224 e. The molecule has 0 saturated heterocycles. The molecule has 0 radical (unpaired) electrons. The van der Waals surface area contributed by atoms with Crippen molar-refractivity contribution in [2.24, 2.45) is 5.84 Å². The van der Waals surface area contributed by atoms with Gasteiger partial charge in [0.15, 0.2) is 6.39 Å². The maximum absolute atomic E-state index is 6.97. The summed E-state index contributed by atoms with van der Waals surface area (Å²) in [5.74, 6) is 9.24. The Labute approximate surface area is 267 Å². The van der Waals surface area contributed by atoms with E-state index in [1.54, 1.807) is 11.2 Å². The van der Waals surface area contributed by atoms with Gasteiger partial charge in [-0.05, 0) is 65.7 Å². The van der Waals surface area contributed by atoms with Crippen LogP contribution in [0.1, 0.15) is 22.3 Å². The smallest absolute Gasteiger partial charge is 0.224 e. The van der Waals surface area contributed by atoms with Gasteiger partial charge >= 0.3 is 0 Å². The van der Waals surface area contributed by atoms with Crippen LogP contribution in [0.3, 0.4) is 0 Å². The Morgan fingerprint density at radius 1 is 0.522 bits per heavy atom. The van der Waals surface area contributed by atoms with Gasteiger partial charge in [0.2, 0.25) is 5.88 Å². The number of benzene rings is 6. The second-order valence-electron chi connectivity index (χ2n) is 11.2. The first-order valence-electron chi connectivity index (χ1n) is 15.1. The fourth-order valence-electron chi connectivity index (χ4n) is 6.59. The second kappa shape index (κ2) is 11.4. The lowest BCUT2D eigenvalue weighted by Gasteiger charge is -2.41. The Balaban J connectivity index is 1.27. The van der Waals surface area contributed by atoms with E-state index < -0.39 is 5.41 Å². The van der Waals surface area contributed by atoms with E-state index in [0.29, 0.717) is 5.88 Å². The summed E-state index contributed by atoms with van der Waals surface area (Å²) in [4.78, 5) is 6.18. The third-order valence-corrected chi connectivity index (χ3v) is 8.59. The highest BCUT2D eigenvalue weighted by molar-refractivity contribution is 5.78. The molecule has 222 valence electrons. The number of ether oxygens (including phenoxy) is 1. The molecule has 46 heavy (non-hydrogen) atoms. The van der Waals surface area contributed by atoms with E-state index in [2.05, 4.69) is 77.8 Å². The predicted octanol–water partition coefficient (Wildman–Crippen LogP) is 9.64. The predicted molar refractivity (Wildman–Crippen MR) is 182 cm³/mol. The molecule has 1 aromatic heterocycles. The van der Waals surface area contributed by atoms with Crippen LogP contribution in [0.4, 0.5) is 28.6 Å². The summed E-state index contributed by atoms with van der Waals surface area (Å²) in [7, 11) is 0. The van der Waals surface area contributed by atoms with Crippen LogP contribution in [-0.4, -0.2) is 4.98 Å². The number of hydrogen-bond acceptors (Lipinski definition) is 6. The Kier molecular flexibility index (Phi) is 6.82. The molecule has 6 heteroatoms. The molecule has 8 rings (SSSR count). The van der Waals surface area contributed by atoms with Gasteiger partial charge in [0, 0.05) is 16.8 Å². The van der Waals surface area contributed by atoms with Gasteiger partial charge in [0.1, 0.15) is 11.5 Å². The summed E-state index contributed by atoms with van der Waals surface area (Å²) in [6.07, 6.45) is 3.14. The van der Waals surface area contributed by atoms with Crippen molar-refractivity contribution in [1.82, 2.24) is 4.98 Å². The van der Waals surface area contributed by atoms with Crippen molar-refractivity contribution in [2.45, 2.75) is 5.41 Å². The van der Waals surface area contributed by atoms with E-state index in [4.69, 9.17) is 15.0 Å². The first-order valence-corrected chi connectivity index (χ1v) is 15.1. The van der Waals surface area contributed by atoms with Crippen LogP contribution in [0.5, 0.6) is 11.5 Å². The van der Waals surface area contributed by atoms with Gasteiger partial charge in [-0.3, -0.25) is 9.91 Å². The lowest BCUT2D eigenvalue weighted by Crippen LogP contribution is -2.34. The van der Waals surface area contributed by atoms with Gasteiger partial charge in [-0.15, -0.1) is 0 Å². The molecule has 1 aliphatic heterocycles. The Bertz CT molecular complexity index is 2070. The van der Waals surface area contributed by atoms with Crippen molar-refractivity contribution in [3.63, 3.8) is 0 Å². The SMILES string of the molecule is NN(c1cccc(N(c2ccccc2)c2cnco2)c1)c1cccc(C2(c3ccccc3)c3ccccc3Oc3ccccc32)c1. The molecule has 0 amide bonds. The first-order chi connectivity index (χ1) is 22.7. The topological polar surface area (TPSA) is 67.8 Å². The van der Waals surface area contributed by atoms with E-state index in [1.165, 1.54) is 6.39 Å². The molecule has 0 aliphatic carbocycles. The van der Waals surface area contributed by atoms with Gasteiger partial charge in [-0.25, -0.2) is 10.8 Å². The van der Waals surface area contributed by atoms with Gasteiger partial charge in [-0.1, -0.05) is 103 Å². The average molecular weight is 599 g/mol. The fourth-order valence-corrected chi connectivity index (χ4v) is 6.59. The lowest BCUT2D eigenvalue weighted by atomic mass is 9.63. The number of hydrogen-bond donors (Lipinski definition) is 1. The van der Waals surface area contributed by atoms with Crippen molar-refractivity contribution < 1.29 is 9.15 Å². The van der Waals surface area contributed by atoms with E-state index in [1.807, 2.05) is 89.8 Å². The van der Waals surface area contributed by atoms with Crippen LogP contribution in [0, 0.1) is 0 Å². The lowest BCUT2D eigenvalue weighted by molar-refractivity contribution is 0.434. The molecule has 2 N–H and O–H groups in total. The first kappa shape index (κ1) is 27.4. The number of hydrazine groups is 1. The number of para-hydroxylation sites is 3. The maximum atomic E-state index is 6.97. The number of nitrogens with zero attached hydrogens (tertiary/aromatic N) is 3. The number of rotatable bonds is 7. The Morgan fingerprint density at radius 3 is 1.74 bits per heavy atom.